The van der Waals surface area contributed by atoms with Gasteiger partial charge in [0, 0.05) is 61.1 Å². The van der Waals surface area contributed by atoms with Crippen LogP contribution in [0.1, 0.15) is 86.5 Å². The molecule has 552 valence electrons. The first-order chi connectivity index (χ1) is 56.9. The van der Waals surface area contributed by atoms with E-state index in [0.29, 0.717) is 0 Å². The van der Waals surface area contributed by atoms with E-state index in [4.69, 9.17) is 0 Å². The van der Waals surface area contributed by atoms with Crippen LogP contribution in [0.3, 0.4) is 0 Å². The summed E-state index contributed by atoms with van der Waals surface area (Å²) in [7, 11) is 0. The number of aromatic nitrogens is 1. The molecular weight excluding hydrogens is 1390 g/mol. The Kier molecular flexibility index (Phi) is 15.4. The van der Waals surface area contributed by atoms with Crippen LogP contribution >= 0.6 is 0 Å². The highest BCUT2D eigenvalue weighted by atomic mass is 15.2. The zero-order valence-electron chi connectivity index (χ0n) is 64.7. The fraction of sp³-hybridized carbons (Fsp3) is 0.179. The minimum Gasteiger partial charge on any atom is -0.310 e. The standard InChI is InChI=1S/C58H46N2.C54H43N/c1-2-11-40(12-3-1)41-21-26-46(27-22-41)59(48-13-10-14-49(37-48)60-56-19-8-5-16-51(56)52-17-6-9-20-57(52)60)47-28-23-42(24-29-47)43-25-30-55-53(36-43)50-15-4-7-18-54(50)58(55)44-32-38-31-39(34-44)35-45(58)33-38;1-2-10-37(11-3-1)38-18-23-44(24-19-38)55(53-34-41-12-4-5-13-46(41)47-14-6-7-16-49(47)53)45-25-20-39(21-26-45)40-22-27-52-50(33-40)48-15-8-9-17-51(48)54(52)42-29-35-28-36(31-42)32-43(54)30-35/h1-30,36-39,44-45H,31-35H2;1-27,33-36,42-43H,28-32H2. The summed E-state index contributed by atoms with van der Waals surface area (Å²) in [4.78, 5) is 4.85. The molecule has 8 saturated carbocycles. The Bertz CT molecular complexity index is 6560. The molecule has 0 amide bonds. The van der Waals surface area contributed by atoms with Gasteiger partial charge in [0.05, 0.1) is 16.7 Å². The second-order valence-electron chi connectivity index (χ2n) is 35.1. The van der Waals surface area contributed by atoms with Crippen LogP contribution in [-0.4, -0.2) is 4.57 Å². The molecule has 16 aromatic carbocycles. The normalized spacial score (nSPS) is 22.5. The summed E-state index contributed by atoms with van der Waals surface area (Å²) in [5, 5.41) is 7.58. The molecule has 1 heterocycles. The number of fused-ring (bicyclic) bond motifs is 12. The summed E-state index contributed by atoms with van der Waals surface area (Å²) in [6, 6.07) is 139. The Hall–Kier alpha value is -12.6. The van der Waals surface area contributed by atoms with Gasteiger partial charge in [-0.2, -0.15) is 0 Å². The number of anilines is 6. The molecule has 8 bridgehead atoms. The maximum atomic E-state index is 2.54. The third-order valence-corrected chi connectivity index (χ3v) is 29.4. The van der Waals surface area contributed by atoms with E-state index in [0.717, 1.165) is 81.5 Å². The van der Waals surface area contributed by atoms with Crippen LogP contribution in [0.25, 0.3) is 116 Å². The Morgan fingerprint density at radius 3 is 1.03 bits per heavy atom. The summed E-state index contributed by atoms with van der Waals surface area (Å²) in [6.07, 6.45) is 14.3. The number of rotatable bonds is 11. The fourth-order valence-electron chi connectivity index (χ4n) is 25.2. The molecule has 3 nitrogen and oxygen atoms in total. The third kappa shape index (κ3) is 10.5. The number of benzene rings is 16. The van der Waals surface area contributed by atoms with Crippen molar-refractivity contribution >= 4 is 77.5 Å². The Balaban J connectivity index is 0.000000133. The molecule has 0 radical (unpaired) electrons. The molecule has 0 aliphatic heterocycles. The molecule has 0 unspecified atom stereocenters. The summed E-state index contributed by atoms with van der Waals surface area (Å²) in [5.74, 6) is 6.94. The second kappa shape index (κ2) is 26.5. The number of para-hydroxylation sites is 2. The molecule has 17 aromatic rings. The molecule has 27 rings (SSSR count). The average molecular weight is 1480 g/mol. The lowest BCUT2D eigenvalue weighted by Gasteiger charge is -2.61. The minimum absolute atomic E-state index is 0.200. The van der Waals surface area contributed by atoms with Crippen molar-refractivity contribution < 1.29 is 0 Å². The smallest absolute Gasteiger partial charge is 0.0546 e. The highest BCUT2D eigenvalue weighted by molar-refractivity contribution is 6.15. The Morgan fingerprint density at radius 1 is 0.217 bits per heavy atom. The van der Waals surface area contributed by atoms with Gasteiger partial charge in [0.2, 0.25) is 0 Å². The van der Waals surface area contributed by atoms with Gasteiger partial charge in [0.1, 0.15) is 0 Å². The summed E-state index contributed by atoms with van der Waals surface area (Å²) in [6.45, 7) is 0. The highest BCUT2D eigenvalue weighted by Crippen LogP contribution is 2.71. The maximum Gasteiger partial charge on any atom is 0.0546 e. The van der Waals surface area contributed by atoms with E-state index in [9.17, 15) is 0 Å². The summed E-state index contributed by atoms with van der Waals surface area (Å²) in [5.41, 5.74) is 33.2. The lowest BCUT2D eigenvalue weighted by Crippen LogP contribution is -2.55. The van der Waals surface area contributed by atoms with Crippen molar-refractivity contribution in [2.24, 2.45) is 47.3 Å². The molecule has 8 fully saturated rings. The first-order valence-electron chi connectivity index (χ1n) is 42.5. The lowest BCUT2D eigenvalue weighted by atomic mass is 9.43. The topological polar surface area (TPSA) is 11.4 Å². The van der Waals surface area contributed by atoms with E-state index >= 15 is 0 Å². The molecule has 10 aliphatic carbocycles. The largest absolute Gasteiger partial charge is 0.310 e. The fourth-order valence-corrected chi connectivity index (χ4v) is 25.2. The van der Waals surface area contributed by atoms with Crippen LogP contribution in [-0.2, 0) is 10.8 Å². The van der Waals surface area contributed by atoms with Gasteiger partial charge in [-0.3, -0.25) is 0 Å². The van der Waals surface area contributed by atoms with E-state index in [-0.39, 0.29) is 10.8 Å². The van der Waals surface area contributed by atoms with Crippen LogP contribution in [0.2, 0.25) is 0 Å². The molecular formula is C112H89N3. The highest BCUT2D eigenvalue weighted by Gasteiger charge is 2.63. The zero-order chi connectivity index (χ0) is 75.5. The molecule has 115 heavy (non-hydrogen) atoms. The zero-order valence-corrected chi connectivity index (χ0v) is 64.7. The van der Waals surface area contributed by atoms with Crippen LogP contribution in [0.5, 0.6) is 0 Å². The molecule has 0 N–H and O–H groups in total. The lowest BCUT2D eigenvalue weighted by molar-refractivity contribution is -0.0399. The van der Waals surface area contributed by atoms with Gasteiger partial charge < -0.3 is 14.4 Å². The summed E-state index contributed by atoms with van der Waals surface area (Å²) < 4.78 is 2.41. The van der Waals surface area contributed by atoms with Crippen LogP contribution in [0.15, 0.2) is 370 Å². The van der Waals surface area contributed by atoms with Crippen molar-refractivity contribution in [2.75, 3.05) is 9.80 Å². The van der Waals surface area contributed by atoms with Crippen LogP contribution in [0.4, 0.5) is 34.1 Å². The van der Waals surface area contributed by atoms with E-state index in [1.54, 1.807) is 22.3 Å². The number of hydrogen-bond donors (Lipinski definition) is 0. The first-order valence-corrected chi connectivity index (χ1v) is 42.5. The van der Waals surface area contributed by atoms with Gasteiger partial charge in [0.25, 0.3) is 0 Å². The average Bonchev–Trinajstić information content (AvgIpc) is 1.53. The van der Waals surface area contributed by atoms with Gasteiger partial charge in [0.15, 0.2) is 0 Å². The summed E-state index contributed by atoms with van der Waals surface area (Å²) >= 11 is 0. The monoisotopic (exact) mass is 1480 g/mol. The molecule has 0 saturated heterocycles. The number of hydrogen-bond acceptors (Lipinski definition) is 2. The van der Waals surface area contributed by atoms with E-state index in [1.165, 1.54) is 180 Å². The van der Waals surface area contributed by atoms with Crippen LogP contribution in [0, 0.1) is 47.3 Å². The maximum absolute atomic E-state index is 2.54. The van der Waals surface area contributed by atoms with Crippen molar-refractivity contribution in [3.8, 4) is 72.4 Å². The predicted octanol–water partition coefficient (Wildman–Crippen LogP) is 29.8. The molecule has 10 aliphatic rings. The van der Waals surface area contributed by atoms with E-state index in [2.05, 4.69) is 384 Å². The molecule has 1 aromatic heterocycles. The van der Waals surface area contributed by atoms with Crippen molar-refractivity contribution in [1.82, 2.24) is 4.57 Å². The van der Waals surface area contributed by atoms with Crippen LogP contribution < -0.4 is 9.80 Å². The van der Waals surface area contributed by atoms with Crippen molar-refractivity contribution in [1.29, 1.82) is 0 Å². The van der Waals surface area contributed by atoms with E-state index in [1.807, 2.05) is 0 Å². The molecule has 3 heteroatoms. The number of nitrogens with zero attached hydrogens (tertiary/aromatic N) is 3. The van der Waals surface area contributed by atoms with Crippen molar-refractivity contribution in [3.05, 3.63) is 392 Å². The molecule has 2 spiro atoms. The van der Waals surface area contributed by atoms with Gasteiger partial charge in [-0.1, -0.05) is 273 Å². The van der Waals surface area contributed by atoms with Crippen molar-refractivity contribution in [2.45, 2.75) is 75.0 Å². The van der Waals surface area contributed by atoms with Crippen molar-refractivity contribution in [3.63, 3.8) is 0 Å². The van der Waals surface area contributed by atoms with Gasteiger partial charge in [-0.05, 0) is 314 Å². The Labute approximate surface area is 674 Å². The van der Waals surface area contributed by atoms with Gasteiger partial charge in [-0.15, -0.1) is 0 Å². The van der Waals surface area contributed by atoms with E-state index < -0.39 is 0 Å². The minimum atomic E-state index is 0.200. The second-order valence-corrected chi connectivity index (χ2v) is 35.1. The first kappa shape index (κ1) is 67.0. The Morgan fingerprint density at radius 2 is 0.565 bits per heavy atom. The van der Waals surface area contributed by atoms with Gasteiger partial charge in [-0.25, -0.2) is 0 Å². The quantitative estimate of drug-likeness (QED) is 0.120. The third-order valence-electron chi connectivity index (χ3n) is 29.4. The SMILES string of the molecule is c1ccc(-c2ccc(N(c3ccc(-c4ccc5c(c4)-c4ccccc4C54C5CC6CC(C5)CC4C6)cc3)c3cc4ccccc4c4ccccc34)cc2)cc1.c1ccc(-c2ccc(N(c3ccc(-c4ccc5c(c4)-c4ccccc4C54C5CC6CC(C5)CC4C6)cc3)c3cccc(-n4c5ccccc5c5ccccc54)c3)cc2)cc1. The molecule has 0 atom stereocenters. The van der Waals surface area contributed by atoms with Gasteiger partial charge >= 0.3 is 0 Å². The predicted molar refractivity (Wildman–Crippen MR) is 480 cm³/mol.